The van der Waals surface area contributed by atoms with E-state index in [2.05, 4.69) is 37.5 Å². The molecular weight excluding hydrogens is 404 g/mol. The molecule has 0 atom stereocenters. The standard InChI is InChI=1S/C22H25F2N5O2/c1-25-22(28-13-18-11-19(30-2)7-8-20(18)31-21(23)24)27-12-16-3-5-17(6-4-16)14-29-10-9-26-15-29/h3-11,15,21H,12-14H2,1-2H3,(H2,25,27,28). The highest BCUT2D eigenvalue weighted by atomic mass is 19.3. The lowest BCUT2D eigenvalue weighted by Gasteiger charge is -2.15. The number of ether oxygens (including phenoxy) is 2. The van der Waals surface area contributed by atoms with Crippen LogP contribution < -0.4 is 20.1 Å². The van der Waals surface area contributed by atoms with Crippen molar-refractivity contribution in [3.05, 3.63) is 77.9 Å². The number of hydrogen-bond acceptors (Lipinski definition) is 4. The van der Waals surface area contributed by atoms with E-state index in [-0.39, 0.29) is 12.3 Å². The lowest BCUT2D eigenvalue weighted by atomic mass is 10.1. The molecule has 164 valence electrons. The minimum absolute atomic E-state index is 0.0900. The highest BCUT2D eigenvalue weighted by Gasteiger charge is 2.11. The molecular formula is C22H25F2N5O2. The number of aromatic nitrogens is 2. The van der Waals surface area contributed by atoms with Gasteiger partial charge in [0.1, 0.15) is 11.5 Å². The number of nitrogens with one attached hydrogen (secondary N) is 2. The Bertz CT molecular complexity index is 976. The van der Waals surface area contributed by atoms with Crippen molar-refractivity contribution in [3.63, 3.8) is 0 Å². The third kappa shape index (κ3) is 6.70. The molecule has 0 fully saturated rings. The third-order valence-corrected chi connectivity index (χ3v) is 4.56. The van der Waals surface area contributed by atoms with Crippen LogP contribution >= 0.6 is 0 Å². The van der Waals surface area contributed by atoms with Crippen LogP contribution in [0.25, 0.3) is 0 Å². The summed E-state index contributed by atoms with van der Waals surface area (Å²) in [7, 11) is 3.16. The number of alkyl halides is 2. The van der Waals surface area contributed by atoms with Crippen molar-refractivity contribution >= 4 is 5.96 Å². The summed E-state index contributed by atoms with van der Waals surface area (Å²) in [6.07, 6.45) is 5.46. The Morgan fingerprint density at radius 3 is 2.48 bits per heavy atom. The number of methoxy groups -OCH3 is 1. The van der Waals surface area contributed by atoms with Gasteiger partial charge in [-0.15, -0.1) is 0 Å². The zero-order valence-electron chi connectivity index (χ0n) is 17.4. The van der Waals surface area contributed by atoms with Crippen LogP contribution in [0.3, 0.4) is 0 Å². The van der Waals surface area contributed by atoms with Crippen molar-refractivity contribution in [1.29, 1.82) is 0 Å². The van der Waals surface area contributed by atoms with E-state index in [0.717, 1.165) is 12.1 Å². The number of hydrogen-bond donors (Lipinski definition) is 2. The smallest absolute Gasteiger partial charge is 0.387 e. The number of nitrogens with zero attached hydrogens (tertiary/aromatic N) is 3. The van der Waals surface area contributed by atoms with E-state index in [1.165, 1.54) is 18.7 Å². The summed E-state index contributed by atoms with van der Waals surface area (Å²) in [4.78, 5) is 8.23. The Hall–Kier alpha value is -3.62. The molecule has 0 aliphatic heterocycles. The van der Waals surface area contributed by atoms with Crippen LogP contribution in [0.5, 0.6) is 11.5 Å². The summed E-state index contributed by atoms with van der Waals surface area (Å²) in [5.41, 5.74) is 2.79. The first kappa shape index (κ1) is 22.1. The van der Waals surface area contributed by atoms with Crippen LogP contribution in [0.15, 0.2) is 66.2 Å². The van der Waals surface area contributed by atoms with Crippen LogP contribution in [0.2, 0.25) is 0 Å². The molecule has 0 aliphatic carbocycles. The molecule has 3 aromatic rings. The van der Waals surface area contributed by atoms with Gasteiger partial charge in [-0.05, 0) is 29.3 Å². The quantitative estimate of drug-likeness (QED) is 0.403. The average molecular weight is 429 g/mol. The van der Waals surface area contributed by atoms with Gasteiger partial charge in [0.15, 0.2) is 5.96 Å². The Morgan fingerprint density at radius 2 is 1.84 bits per heavy atom. The van der Waals surface area contributed by atoms with Gasteiger partial charge >= 0.3 is 6.61 Å². The summed E-state index contributed by atoms with van der Waals surface area (Å²) < 4.78 is 37.1. The zero-order valence-corrected chi connectivity index (χ0v) is 17.4. The maximum atomic E-state index is 12.7. The molecule has 2 N–H and O–H groups in total. The monoisotopic (exact) mass is 429 g/mol. The normalized spacial score (nSPS) is 11.5. The third-order valence-electron chi connectivity index (χ3n) is 4.56. The van der Waals surface area contributed by atoms with E-state index in [1.807, 2.05) is 22.9 Å². The average Bonchev–Trinajstić information content (AvgIpc) is 3.28. The highest BCUT2D eigenvalue weighted by Crippen LogP contribution is 2.25. The van der Waals surface area contributed by atoms with Crippen LogP contribution in [0.4, 0.5) is 8.78 Å². The topological polar surface area (TPSA) is 72.7 Å². The fourth-order valence-corrected chi connectivity index (χ4v) is 2.97. The predicted octanol–water partition coefficient (Wildman–Crippen LogP) is 3.41. The molecule has 0 spiro atoms. The largest absolute Gasteiger partial charge is 0.497 e. The minimum atomic E-state index is -2.90. The summed E-state index contributed by atoms with van der Waals surface area (Å²) >= 11 is 0. The Morgan fingerprint density at radius 1 is 1.10 bits per heavy atom. The van der Waals surface area contributed by atoms with E-state index in [0.29, 0.717) is 23.8 Å². The number of benzene rings is 2. The zero-order chi connectivity index (χ0) is 22.1. The lowest BCUT2D eigenvalue weighted by molar-refractivity contribution is -0.0504. The molecule has 0 saturated heterocycles. The van der Waals surface area contributed by atoms with Crippen molar-refractivity contribution in [3.8, 4) is 11.5 Å². The van der Waals surface area contributed by atoms with Gasteiger partial charge in [0.25, 0.3) is 0 Å². The van der Waals surface area contributed by atoms with E-state index < -0.39 is 6.61 Å². The van der Waals surface area contributed by atoms with Crippen LogP contribution in [-0.4, -0.2) is 36.3 Å². The van der Waals surface area contributed by atoms with Gasteiger partial charge in [-0.25, -0.2) is 4.98 Å². The summed E-state index contributed by atoms with van der Waals surface area (Å²) in [5.74, 6) is 1.18. The number of rotatable bonds is 9. The lowest BCUT2D eigenvalue weighted by Crippen LogP contribution is -2.36. The van der Waals surface area contributed by atoms with Crippen molar-refractivity contribution in [2.75, 3.05) is 14.2 Å². The van der Waals surface area contributed by atoms with E-state index in [9.17, 15) is 8.78 Å². The SMILES string of the molecule is CN=C(NCc1ccc(Cn2ccnc2)cc1)NCc1cc(OC)ccc1OC(F)F. The molecule has 3 rings (SSSR count). The molecule has 0 radical (unpaired) electrons. The summed E-state index contributed by atoms with van der Waals surface area (Å²) in [6, 6.07) is 12.9. The summed E-state index contributed by atoms with van der Waals surface area (Å²) in [6.45, 7) is -1.34. The molecule has 1 aromatic heterocycles. The molecule has 0 bridgehead atoms. The highest BCUT2D eigenvalue weighted by molar-refractivity contribution is 5.79. The molecule has 1 heterocycles. The van der Waals surface area contributed by atoms with Crippen molar-refractivity contribution in [2.45, 2.75) is 26.2 Å². The van der Waals surface area contributed by atoms with Gasteiger partial charge in [-0.3, -0.25) is 4.99 Å². The molecule has 0 saturated carbocycles. The Labute approximate surface area is 179 Å². The Kier molecular flexibility index (Phi) is 7.80. The molecule has 0 unspecified atom stereocenters. The van der Waals surface area contributed by atoms with Gasteiger partial charge in [-0.1, -0.05) is 24.3 Å². The molecule has 0 amide bonds. The first-order valence-electron chi connectivity index (χ1n) is 9.67. The van der Waals surface area contributed by atoms with Crippen molar-refractivity contribution < 1.29 is 18.3 Å². The van der Waals surface area contributed by atoms with E-state index in [4.69, 9.17) is 4.74 Å². The number of halogens is 2. The molecule has 2 aromatic carbocycles. The fourth-order valence-electron chi connectivity index (χ4n) is 2.97. The molecule has 31 heavy (non-hydrogen) atoms. The van der Waals surface area contributed by atoms with Crippen LogP contribution in [0, 0.1) is 0 Å². The predicted molar refractivity (Wildman–Crippen MR) is 114 cm³/mol. The van der Waals surface area contributed by atoms with Gasteiger partial charge in [0.2, 0.25) is 0 Å². The molecule has 7 nitrogen and oxygen atoms in total. The van der Waals surface area contributed by atoms with Gasteiger partial charge in [-0.2, -0.15) is 8.78 Å². The fraction of sp³-hybridized carbons (Fsp3) is 0.273. The molecule has 0 aliphatic rings. The van der Waals surface area contributed by atoms with E-state index in [1.54, 1.807) is 31.7 Å². The number of guanidine groups is 1. The number of imidazole rings is 1. The van der Waals surface area contributed by atoms with E-state index >= 15 is 0 Å². The van der Waals surface area contributed by atoms with Gasteiger partial charge < -0.3 is 24.7 Å². The maximum absolute atomic E-state index is 12.7. The second-order valence-corrected chi connectivity index (χ2v) is 6.68. The first-order chi connectivity index (χ1) is 15.1. The summed E-state index contributed by atoms with van der Waals surface area (Å²) in [5, 5.41) is 6.32. The van der Waals surface area contributed by atoms with Gasteiger partial charge in [0.05, 0.1) is 13.4 Å². The second-order valence-electron chi connectivity index (χ2n) is 6.68. The Balaban J connectivity index is 1.55. The first-order valence-corrected chi connectivity index (χ1v) is 9.67. The van der Waals surface area contributed by atoms with Gasteiger partial charge in [0, 0.05) is 44.6 Å². The van der Waals surface area contributed by atoms with Crippen LogP contribution in [0.1, 0.15) is 16.7 Å². The number of aliphatic imine (C=N–C) groups is 1. The van der Waals surface area contributed by atoms with Crippen LogP contribution in [-0.2, 0) is 19.6 Å². The van der Waals surface area contributed by atoms with Crippen molar-refractivity contribution in [1.82, 2.24) is 20.2 Å². The molecule has 9 heteroatoms. The maximum Gasteiger partial charge on any atom is 0.387 e. The second kappa shape index (κ2) is 11.0. The van der Waals surface area contributed by atoms with Crippen molar-refractivity contribution in [2.24, 2.45) is 4.99 Å². The minimum Gasteiger partial charge on any atom is -0.497 e.